The second kappa shape index (κ2) is 5.68. The molecule has 18 heavy (non-hydrogen) atoms. The van der Waals surface area contributed by atoms with Crippen LogP contribution in [0.15, 0.2) is 18.2 Å². The number of ether oxygens (including phenoxy) is 1. The highest BCUT2D eigenvalue weighted by Crippen LogP contribution is 2.19. The summed E-state index contributed by atoms with van der Waals surface area (Å²) >= 11 is 0. The van der Waals surface area contributed by atoms with Gasteiger partial charge in [0.05, 0.1) is 7.11 Å². The van der Waals surface area contributed by atoms with Crippen LogP contribution in [-0.4, -0.2) is 50.7 Å². The van der Waals surface area contributed by atoms with E-state index in [9.17, 15) is 4.79 Å². The summed E-state index contributed by atoms with van der Waals surface area (Å²) in [5, 5.41) is 5.90. The Bertz CT molecular complexity index is 424. The molecule has 0 radical (unpaired) electrons. The van der Waals surface area contributed by atoms with Crippen molar-refractivity contribution in [3.05, 3.63) is 18.2 Å². The zero-order chi connectivity index (χ0) is 13.0. The first-order chi connectivity index (χ1) is 8.76. The highest BCUT2D eigenvalue weighted by molar-refractivity contribution is 5.85. The molecule has 1 aliphatic heterocycles. The fourth-order valence-electron chi connectivity index (χ4n) is 2.06. The molecule has 1 amide bonds. The maximum absolute atomic E-state index is 11.9. The summed E-state index contributed by atoms with van der Waals surface area (Å²) in [5.41, 5.74) is 0. The van der Waals surface area contributed by atoms with E-state index in [-0.39, 0.29) is 11.9 Å². The number of nitrogens with one attached hydrogen (secondary N) is 2. The molecule has 1 fully saturated rings. The molecular formula is C12H18N4O2. The van der Waals surface area contributed by atoms with Crippen LogP contribution >= 0.6 is 0 Å². The Morgan fingerprint density at radius 3 is 3.17 bits per heavy atom. The first-order valence-corrected chi connectivity index (χ1v) is 5.96. The number of likely N-dealkylation sites (N-methyl/N-ethyl adjacent to an activating group) is 1. The lowest BCUT2D eigenvalue weighted by Crippen LogP contribution is -2.57. The molecule has 1 unspecified atom stereocenters. The Hall–Kier alpha value is -1.82. The van der Waals surface area contributed by atoms with Crippen LogP contribution in [0.3, 0.4) is 0 Å². The van der Waals surface area contributed by atoms with E-state index >= 15 is 0 Å². The van der Waals surface area contributed by atoms with E-state index in [0.717, 1.165) is 18.9 Å². The van der Waals surface area contributed by atoms with Crippen LogP contribution < -0.4 is 20.3 Å². The highest BCUT2D eigenvalue weighted by Gasteiger charge is 2.28. The number of carbonyl (C=O) groups is 1. The van der Waals surface area contributed by atoms with Crippen molar-refractivity contribution in [2.24, 2.45) is 0 Å². The molecule has 2 heterocycles. The summed E-state index contributed by atoms with van der Waals surface area (Å²) in [5.74, 6) is 1.32. The van der Waals surface area contributed by atoms with Crippen molar-refractivity contribution in [3.63, 3.8) is 0 Å². The number of carbonyl (C=O) groups excluding carboxylic acids is 1. The molecule has 0 bridgehead atoms. The Labute approximate surface area is 106 Å². The van der Waals surface area contributed by atoms with Gasteiger partial charge < -0.3 is 20.3 Å². The van der Waals surface area contributed by atoms with E-state index in [4.69, 9.17) is 4.74 Å². The number of amides is 1. The Morgan fingerprint density at radius 1 is 1.61 bits per heavy atom. The lowest BCUT2D eigenvalue weighted by atomic mass is 10.1. The lowest BCUT2D eigenvalue weighted by molar-refractivity contribution is -0.122. The summed E-state index contributed by atoms with van der Waals surface area (Å²) in [4.78, 5) is 18.2. The first kappa shape index (κ1) is 12.6. The fourth-order valence-corrected chi connectivity index (χ4v) is 2.06. The number of pyridine rings is 1. The summed E-state index contributed by atoms with van der Waals surface area (Å²) in [6.45, 7) is 2.21. The third kappa shape index (κ3) is 2.53. The average molecular weight is 250 g/mol. The van der Waals surface area contributed by atoms with Crippen molar-refractivity contribution < 1.29 is 9.53 Å². The molecule has 0 spiro atoms. The van der Waals surface area contributed by atoms with Gasteiger partial charge in [-0.1, -0.05) is 6.07 Å². The van der Waals surface area contributed by atoms with Gasteiger partial charge in [0.1, 0.15) is 11.9 Å². The molecule has 0 saturated carbocycles. The summed E-state index contributed by atoms with van der Waals surface area (Å²) in [6, 6.07) is 5.33. The van der Waals surface area contributed by atoms with Crippen LogP contribution in [0.2, 0.25) is 0 Å². The predicted molar refractivity (Wildman–Crippen MR) is 68.9 cm³/mol. The molecule has 2 rings (SSSR count). The van der Waals surface area contributed by atoms with E-state index < -0.39 is 0 Å². The van der Waals surface area contributed by atoms with Gasteiger partial charge in [0, 0.05) is 32.7 Å². The SMILES string of the molecule is CNC(=O)C1CNCCN1c1cccc(OC)n1. The van der Waals surface area contributed by atoms with E-state index in [1.807, 2.05) is 17.0 Å². The minimum atomic E-state index is -0.233. The molecule has 1 atom stereocenters. The molecule has 98 valence electrons. The van der Waals surface area contributed by atoms with Crippen molar-refractivity contribution in [3.8, 4) is 5.88 Å². The lowest BCUT2D eigenvalue weighted by Gasteiger charge is -2.35. The van der Waals surface area contributed by atoms with E-state index in [0.29, 0.717) is 12.4 Å². The number of methoxy groups -OCH3 is 1. The van der Waals surface area contributed by atoms with Gasteiger partial charge in [0.15, 0.2) is 0 Å². The van der Waals surface area contributed by atoms with Gasteiger partial charge in [-0.3, -0.25) is 4.79 Å². The average Bonchev–Trinajstić information content (AvgIpc) is 2.46. The molecule has 2 N–H and O–H groups in total. The molecule has 1 saturated heterocycles. The standard InChI is InChI=1S/C12H18N4O2/c1-13-12(17)9-8-14-6-7-16(9)10-4-3-5-11(15-10)18-2/h3-5,9,14H,6-8H2,1-2H3,(H,13,17). The highest BCUT2D eigenvalue weighted by atomic mass is 16.5. The number of anilines is 1. The molecular weight excluding hydrogens is 232 g/mol. The van der Waals surface area contributed by atoms with Crippen LogP contribution in [0.25, 0.3) is 0 Å². The first-order valence-electron chi connectivity index (χ1n) is 5.96. The van der Waals surface area contributed by atoms with Crippen LogP contribution in [-0.2, 0) is 4.79 Å². The van der Waals surface area contributed by atoms with Gasteiger partial charge >= 0.3 is 0 Å². The third-order valence-corrected chi connectivity index (χ3v) is 3.00. The van der Waals surface area contributed by atoms with Crippen LogP contribution in [0.5, 0.6) is 5.88 Å². The summed E-state index contributed by atoms with van der Waals surface area (Å²) in [6.07, 6.45) is 0. The topological polar surface area (TPSA) is 66.5 Å². The summed E-state index contributed by atoms with van der Waals surface area (Å²) < 4.78 is 5.11. The number of hydrogen-bond acceptors (Lipinski definition) is 5. The number of piperazine rings is 1. The smallest absolute Gasteiger partial charge is 0.243 e. The zero-order valence-corrected chi connectivity index (χ0v) is 10.6. The van der Waals surface area contributed by atoms with E-state index in [2.05, 4.69) is 15.6 Å². The second-order valence-corrected chi connectivity index (χ2v) is 4.07. The molecule has 0 aromatic carbocycles. The van der Waals surface area contributed by atoms with Crippen LogP contribution in [0, 0.1) is 0 Å². The molecule has 6 nitrogen and oxygen atoms in total. The van der Waals surface area contributed by atoms with Gasteiger partial charge in [-0.15, -0.1) is 0 Å². The number of nitrogens with zero attached hydrogens (tertiary/aromatic N) is 2. The molecule has 1 aromatic rings. The number of rotatable bonds is 3. The minimum absolute atomic E-state index is 0.00757. The van der Waals surface area contributed by atoms with E-state index in [1.54, 1.807) is 20.2 Å². The Morgan fingerprint density at radius 2 is 2.44 bits per heavy atom. The van der Waals surface area contributed by atoms with Gasteiger partial charge in [-0.05, 0) is 6.07 Å². The van der Waals surface area contributed by atoms with E-state index in [1.165, 1.54) is 0 Å². The zero-order valence-electron chi connectivity index (χ0n) is 10.6. The molecule has 6 heteroatoms. The monoisotopic (exact) mass is 250 g/mol. The van der Waals surface area contributed by atoms with Crippen molar-refractivity contribution in [2.45, 2.75) is 6.04 Å². The second-order valence-electron chi connectivity index (χ2n) is 4.07. The van der Waals surface area contributed by atoms with Gasteiger partial charge in [0.2, 0.25) is 11.8 Å². The predicted octanol–water partition coefficient (Wildman–Crippen LogP) is -0.386. The quantitative estimate of drug-likeness (QED) is 0.765. The minimum Gasteiger partial charge on any atom is -0.481 e. The molecule has 1 aromatic heterocycles. The number of hydrogen-bond donors (Lipinski definition) is 2. The van der Waals surface area contributed by atoms with Gasteiger partial charge in [-0.2, -0.15) is 4.98 Å². The normalized spacial score (nSPS) is 19.4. The van der Waals surface area contributed by atoms with Crippen LogP contribution in [0.4, 0.5) is 5.82 Å². The van der Waals surface area contributed by atoms with Gasteiger partial charge in [-0.25, -0.2) is 0 Å². The largest absolute Gasteiger partial charge is 0.481 e. The van der Waals surface area contributed by atoms with Crippen molar-refractivity contribution in [2.75, 3.05) is 38.7 Å². The summed E-state index contributed by atoms with van der Waals surface area (Å²) in [7, 11) is 3.23. The fraction of sp³-hybridized carbons (Fsp3) is 0.500. The third-order valence-electron chi connectivity index (χ3n) is 3.00. The molecule has 0 aliphatic carbocycles. The maximum Gasteiger partial charge on any atom is 0.243 e. The Kier molecular flexibility index (Phi) is 3.99. The van der Waals surface area contributed by atoms with Crippen LogP contribution in [0.1, 0.15) is 0 Å². The van der Waals surface area contributed by atoms with Crippen molar-refractivity contribution in [1.29, 1.82) is 0 Å². The van der Waals surface area contributed by atoms with Crippen molar-refractivity contribution >= 4 is 11.7 Å². The number of aromatic nitrogens is 1. The van der Waals surface area contributed by atoms with Gasteiger partial charge in [0.25, 0.3) is 0 Å². The molecule has 1 aliphatic rings. The Balaban J connectivity index is 2.24. The van der Waals surface area contributed by atoms with Crippen molar-refractivity contribution in [1.82, 2.24) is 15.6 Å². The maximum atomic E-state index is 11.9.